The van der Waals surface area contributed by atoms with E-state index in [1.165, 1.54) is 0 Å². The van der Waals surface area contributed by atoms with Crippen LogP contribution in [0.25, 0.3) is 6.08 Å². The van der Waals surface area contributed by atoms with Crippen molar-refractivity contribution >= 4 is 17.8 Å². The molecule has 0 unspecified atom stereocenters. The monoisotopic (exact) mass is 547 g/mol. The van der Waals surface area contributed by atoms with Gasteiger partial charge in [0, 0.05) is 23.8 Å². The predicted octanol–water partition coefficient (Wildman–Crippen LogP) is 5.29. The van der Waals surface area contributed by atoms with E-state index in [0.717, 1.165) is 31.2 Å². The summed E-state index contributed by atoms with van der Waals surface area (Å²) in [6.07, 6.45) is 5.93. The quantitative estimate of drug-likeness (QED) is 0.286. The van der Waals surface area contributed by atoms with Gasteiger partial charge in [-0.05, 0) is 73.9 Å². The third-order valence-electron chi connectivity index (χ3n) is 9.20. The van der Waals surface area contributed by atoms with Crippen LogP contribution in [0.15, 0.2) is 60.7 Å². The Hall–Kier alpha value is -3.04. The van der Waals surface area contributed by atoms with Crippen molar-refractivity contribution in [3.63, 3.8) is 0 Å². The molecule has 1 N–H and O–H groups in total. The summed E-state index contributed by atoms with van der Waals surface area (Å²) in [6.45, 7) is 6.08. The van der Waals surface area contributed by atoms with Crippen molar-refractivity contribution < 1.29 is 33.6 Å². The van der Waals surface area contributed by atoms with Crippen LogP contribution in [0.5, 0.6) is 5.75 Å². The zero-order valence-corrected chi connectivity index (χ0v) is 23.2. The minimum Gasteiger partial charge on any atom is -0.484 e. The smallest absolute Gasteiger partial charge is 0.259 e. The fourth-order valence-corrected chi connectivity index (χ4v) is 6.97. The Kier molecular flexibility index (Phi) is 7.29. The lowest BCUT2D eigenvalue weighted by molar-refractivity contribution is -0.571. The van der Waals surface area contributed by atoms with Crippen molar-refractivity contribution in [3.8, 4) is 5.75 Å². The lowest BCUT2D eigenvalue weighted by atomic mass is 9.58. The minimum absolute atomic E-state index is 0.000840. The second-order valence-corrected chi connectivity index (χ2v) is 11.8. The van der Waals surface area contributed by atoms with Gasteiger partial charge in [-0.3, -0.25) is 9.59 Å². The van der Waals surface area contributed by atoms with Crippen molar-refractivity contribution in [2.24, 2.45) is 23.7 Å². The zero-order valence-electron chi connectivity index (χ0n) is 23.2. The van der Waals surface area contributed by atoms with E-state index in [1.54, 1.807) is 36.4 Å². The highest BCUT2D eigenvalue weighted by Crippen LogP contribution is 2.60. The van der Waals surface area contributed by atoms with Gasteiger partial charge >= 0.3 is 0 Å². The number of fused-ring (bicyclic) bond motifs is 2. The summed E-state index contributed by atoms with van der Waals surface area (Å²) in [5.41, 5.74) is 0.833. The first-order valence-electron chi connectivity index (χ1n) is 14.3. The molecule has 8 nitrogen and oxygen atoms in total. The average molecular weight is 548 g/mol. The van der Waals surface area contributed by atoms with Crippen molar-refractivity contribution in [1.82, 2.24) is 5.32 Å². The first-order valence-corrected chi connectivity index (χ1v) is 14.3. The number of rotatable bonds is 7. The van der Waals surface area contributed by atoms with E-state index >= 15 is 0 Å². The van der Waals surface area contributed by atoms with Gasteiger partial charge in [-0.15, -0.1) is 0 Å². The van der Waals surface area contributed by atoms with Crippen molar-refractivity contribution in [2.45, 2.75) is 70.4 Å². The van der Waals surface area contributed by atoms with E-state index in [1.807, 2.05) is 37.3 Å². The van der Waals surface area contributed by atoms with Crippen LogP contribution in [0.4, 0.5) is 0 Å². The van der Waals surface area contributed by atoms with Crippen LogP contribution in [-0.2, 0) is 24.0 Å². The summed E-state index contributed by atoms with van der Waals surface area (Å²) in [5.74, 6) is 0.118. The molecule has 40 heavy (non-hydrogen) atoms. The molecule has 2 aromatic carbocycles. The molecule has 0 aromatic heterocycles. The van der Waals surface area contributed by atoms with Crippen LogP contribution < -0.4 is 10.1 Å². The molecule has 7 rings (SSSR count). The number of hydrogen-bond acceptors (Lipinski definition) is 7. The zero-order chi connectivity index (χ0) is 27.9. The van der Waals surface area contributed by atoms with Gasteiger partial charge in [0.25, 0.3) is 5.91 Å². The standard InChI is InChI=1S/C32H37NO7/c1-20-9-15-26-21(2)29(37-30-32(26)25(20)17-18-31(3,38-30)39-40-32)33-28(35)19-36-24-13-11-23(12-14-24)27(34)16-10-22-7-5-4-6-8-22/h4-8,10-14,16,20-21,25-26,29-30H,9,15,17-19H2,1-3H3,(H,33,35)/b16-10+/t20-,21-,25+,26+,29-,30-,31-,32-/m1/s1. The number of nitrogens with one attached hydrogen (secondary N) is 1. The maximum atomic E-state index is 12.9. The Morgan fingerprint density at radius 3 is 2.55 bits per heavy atom. The maximum Gasteiger partial charge on any atom is 0.259 e. The van der Waals surface area contributed by atoms with Gasteiger partial charge in [0.2, 0.25) is 5.79 Å². The highest BCUT2D eigenvalue weighted by molar-refractivity contribution is 6.06. The van der Waals surface area contributed by atoms with E-state index in [2.05, 4.69) is 19.2 Å². The Balaban J connectivity index is 1.06. The van der Waals surface area contributed by atoms with Crippen LogP contribution >= 0.6 is 0 Å². The lowest BCUT2D eigenvalue weighted by Crippen LogP contribution is -2.72. The number of benzene rings is 2. The topological polar surface area (TPSA) is 92.3 Å². The Morgan fingerprint density at radius 2 is 1.77 bits per heavy atom. The molecule has 2 bridgehead atoms. The number of carbonyl (C=O) groups is 2. The molecular weight excluding hydrogens is 510 g/mol. The molecular formula is C32H37NO7. The second kappa shape index (κ2) is 10.7. The van der Waals surface area contributed by atoms with Crippen LogP contribution in [0.3, 0.4) is 0 Å². The number of amides is 1. The van der Waals surface area contributed by atoms with Gasteiger partial charge < -0.3 is 19.5 Å². The molecule has 4 saturated heterocycles. The molecule has 5 fully saturated rings. The third-order valence-corrected chi connectivity index (χ3v) is 9.20. The molecule has 4 heterocycles. The molecule has 1 saturated carbocycles. The SMILES string of the molecule is C[C@H]1[C@H](NC(=O)COc2ccc(C(=O)/C=C/c3ccccc3)cc2)O[C@@H]2O[C@@]3(C)CC[C@H]4[C@H](C)CC[C@@H]1[C@@]24OO3. The van der Waals surface area contributed by atoms with Gasteiger partial charge in [0.05, 0.1) is 0 Å². The molecule has 1 aliphatic carbocycles. The molecule has 0 radical (unpaired) electrons. The summed E-state index contributed by atoms with van der Waals surface area (Å²) in [5, 5.41) is 3.01. The Labute approximate surface area is 234 Å². The van der Waals surface area contributed by atoms with Gasteiger partial charge in [-0.25, -0.2) is 9.78 Å². The summed E-state index contributed by atoms with van der Waals surface area (Å²) in [7, 11) is 0. The molecule has 1 spiro atoms. The molecule has 8 heteroatoms. The Bertz CT molecular complexity index is 1260. The number of ketones is 1. The predicted molar refractivity (Wildman–Crippen MR) is 147 cm³/mol. The third kappa shape index (κ3) is 4.98. The second-order valence-electron chi connectivity index (χ2n) is 11.8. The van der Waals surface area contributed by atoms with E-state index in [-0.39, 0.29) is 36.1 Å². The van der Waals surface area contributed by atoms with Crippen molar-refractivity contribution in [2.75, 3.05) is 6.61 Å². The fourth-order valence-electron chi connectivity index (χ4n) is 6.97. The molecule has 8 atom stereocenters. The molecule has 212 valence electrons. The summed E-state index contributed by atoms with van der Waals surface area (Å²) >= 11 is 0. The minimum atomic E-state index is -0.860. The average Bonchev–Trinajstić information content (AvgIpc) is 3.20. The van der Waals surface area contributed by atoms with Gasteiger partial charge in [0.15, 0.2) is 24.3 Å². The highest BCUT2D eigenvalue weighted by Gasteiger charge is 2.69. The first-order chi connectivity index (χ1) is 19.3. The molecule has 5 aliphatic rings. The number of carbonyl (C=O) groups excluding carboxylic acids is 2. The largest absolute Gasteiger partial charge is 0.484 e. The van der Waals surface area contributed by atoms with E-state index < -0.39 is 23.9 Å². The normalized spacial score (nSPS) is 36.5. The van der Waals surface area contributed by atoms with E-state index in [4.69, 9.17) is 24.0 Å². The molecule has 2 aromatic rings. The molecule has 1 amide bonds. The van der Waals surface area contributed by atoms with E-state index in [0.29, 0.717) is 17.2 Å². The van der Waals surface area contributed by atoms with Gasteiger partial charge in [-0.2, -0.15) is 0 Å². The lowest BCUT2D eigenvalue weighted by Gasteiger charge is -2.60. The first kappa shape index (κ1) is 27.1. The number of allylic oxidation sites excluding steroid dienone is 1. The molecule has 4 aliphatic heterocycles. The summed E-state index contributed by atoms with van der Waals surface area (Å²) in [4.78, 5) is 37.4. The van der Waals surface area contributed by atoms with E-state index in [9.17, 15) is 9.59 Å². The van der Waals surface area contributed by atoms with Crippen LogP contribution in [0.1, 0.15) is 62.4 Å². The van der Waals surface area contributed by atoms with Crippen LogP contribution in [-0.4, -0.2) is 42.2 Å². The summed E-state index contributed by atoms with van der Waals surface area (Å²) < 4.78 is 18.5. The van der Waals surface area contributed by atoms with Crippen LogP contribution in [0.2, 0.25) is 0 Å². The fraction of sp³-hybridized carbons (Fsp3) is 0.500. The Morgan fingerprint density at radius 1 is 1.00 bits per heavy atom. The number of hydrogen-bond donors (Lipinski definition) is 1. The number of ether oxygens (including phenoxy) is 3. The van der Waals surface area contributed by atoms with Gasteiger partial charge in [0.1, 0.15) is 12.0 Å². The van der Waals surface area contributed by atoms with Crippen molar-refractivity contribution in [3.05, 3.63) is 71.8 Å². The highest BCUT2D eigenvalue weighted by atomic mass is 17.3. The van der Waals surface area contributed by atoms with Gasteiger partial charge in [-0.1, -0.05) is 50.3 Å². The maximum absolute atomic E-state index is 12.9. The van der Waals surface area contributed by atoms with Crippen LogP contribution in [0, 0.1) is 23.7 Å². The summed E-state index contributed by atoms with van der Waals surface area (Å²) in [6, 6.07) is 16.4. The van der Waals surface area contributed by atoms with Crippen molar-refractivity contribution in [1.29, 1.82) is 0 Å².